The fourth-order valence-electron chi connectivity index (χ4n) is 2.98. The van der Waals surface area contributed by atoms with E-state index < -0.39 is 0 Å². The summed E-state index contributed by atoms with van der Waals surface area (Å²) in [5, 5.41) is 6.06. The van der Waals surface area contributed by atoms with Gasteiger partial charge >= 0.3 is 0 Å². The summed E-state index contributed by atoms with van der Waals surface area (Å²) in [7, 11) is 0. The van der Waals surface area contributed by atoms with Gasteiger partial charge in [-0.15, -0.1) is 0 Å². The molecule has 0 bridgehead atoms. The van der Waals surface area contributed by atoms with Crippen molar-refractivity contribution in [2.75, 3.05) is 17.2 Å². The molecule has 160 valence electrons. The van der Waals surface area contributed by atoms with E-state index in [1.165, 1.54) is 5.56 Å². The van der Waals surface area contributed by atoms with Crippen molar-refractivity contribution in [3.63, 3.8) is 0 Å². The average molecular weight is 437 g/mol. The van der Waals surface area contributed by atoms with E-state index in [9.17, 15) is 9.59 Å². The summed E-state index contributed by atoms with van der Waals surface area (Å²) in [6.07, 6.45) is 1.07. The Morgan fingerprint density at radius 1 is 0.935 bits per heavy atom. The molecule has 2 N–H and O–H groups in total. The van der Waals surface area contributed by atoms with Crippen LogP contribution in [-0.4, -0.2) is 18.4 Å². The standard InChI is InChI=1S/C25H25ClN2O3/c1-3-17(2)18-10-12-23(13-11-18)31-16-24(29)27-21-8-5-9-22(15-21)28-25(30)19-6-4-7-20(26)14-19/h4-15,17H,3,16H2,1-2H3,(H,27,29)(H,28,30)/t17-/m0/s1. The summed E-state index contributed by atoms with van der Waals surface area (Å²) in [5.74, 6) is 0.563. The Hall–Kier alpha value is -3.31. The molecule has 0 radical (unpaired) electrons. The average Bonchev–Trinajstić information content (AvgIpc) is 2.77. The Labute approximate surface area is 187 Å². The highest BCUT2D eigenvalue weighted by Crippen LogP contribution is 2.22. The topological polar surface area (TPSA) is 67.4 Å². The van der Waals surface area contributed by atoms with Crippen LogP contribution in [0.2, 0.25) is 5.02 Å². The van der Waals surface area contributed by atoms with Crippen LogP contribution >= 0.6 is 11.6 Å². The molecule has 0 spiro atoms. The van der Waals surface area contributed by atoms with Crippen LogP contribution in [0.4, 0.5) is 11.4 Å². The third-order valence-corrected chi connectivity index (χ3v) is 5.16. The number of benzene rings is 3. The van der Waals surface area contributed by atoms with Crippen LogP contribution in [0.1, 0.15) is 42.1 Å². The number of hydrogen-bond donors (Lipinski definition) is 2. The zero-order valence-corrected chi connectivity index (χ0v) is 18.3. The van der Waals surface area contributed by atoms with Crippen LogP contribution in [0.3, 0.4) is 0 Å². The van der Waals surface area contributed by atoms with Crippen molar-refractivity contribution in [1.29, 1.82) is 0 Å². The molecule has 2 amide bonds. The van der Waals surface area contributed by atoms with Gasteiger partial charge in [0.15, 0.2) is 6.61 Å². The van der Waals surface area contributed by atoms with Gasteiger partial charge in [0.05, 0.1) is 0 Å². The van der Waals surface area contributed by atoms with Gasteiger partial charge in [0.2, 0.25) is 0 Å². The lowest BCUT2D eigenvalue weighted by Crippen LogP contribution is -2.20. The summed E-state index contributed by atoms with van der Waals surface area (Å²) < 4.78 is 5.58. The molecule has 0 unspecified atom stereocenters. The number of carbonyl (C=O) groups is 2. The second-order valence-electron chi connectivity index (χ2n) is 7.26. The monoisotopic (exact) mass is 436 g/mol. The quantitative estimate of drug-likeness (QED) is 0.446. The van der Waals surface area contributed by atoms with Crippen molar-refractivity contribution in [3.05, 3.63) is 88.9 Å². The molecule has 0 saturated heterocycles. The smallest absolute Gasteiger partial charge is 0.262 e. The predicted octanol–water partition coefficient (Wildman–Crippen LogP) is 6.12. The molecule has 0 aliphatic rings. The molecule has 31 heavy (non-hydrogen) atoms. The first-order valence-electron chi connectivity index (χ1n) is 10.1. The number of rotatable bonds is 8. The minimum atomic E-state index is -0.288. The van der Waals surface area contributed by atoms with Crippen molar-refractivity contribution in [2.24, 2.45) is 0 Å². The van der Waals surface area contributed by atoms with E-state index in [1.807, 2.05) is 24.3 Å². The van der Waals surface area contributed by atoms with Gasteiger partial charge in [-0.05, 0) is 66.4 Å². The molecule has 1 atom stereocenters. The zero-order chi connectivity index (χ0) is 22.2. The Kier molecular flexibility index (Phi) is 7.68. The van der Waals surface area contributed by atoms with Crippen molar-refractivity contribution < 1.29 is 14.3 Å². The second-order valence-corrected chi connectivity index (χ2v) is 7.70. The van der Waals surface area contributed by atoms with Crippen LogP contribution in [-0.2, 0) is 4.79 Å². The predicted molar refractivity (Wildman–Crippen MR) is 125 cm³/mol. The molecule has 5 nitrogen and oxygen atoms in total. The zero-order valence-electron chi connectivity index (χ0n) is 17.5. The molecule has 6 heteroatoms. The molecule has 3 aromatic carbocycles. The third kappa shape index (κ3) is 6.59. The van der Waals surface area contributed by atoms with E-state index in [4.69, 9.17) is 16.3 Å². The van der Waals surface area contributed by atoms with E-state index in [1.54, 1.807) is 48.5 Å². The van der Waals surface area contributed by atoms with Crippen molar-refractivity contribution in [1.82, 2.24) is 0 Å². The lowest BCUT2D eigenvalue weighted by Gasteiger charge is -2.11. The normalized spacial score (nSPS) is 11.5. The molecule has 0 aliphatic heterocycles. The number of hydrogen-bond acceptors (Lipinski definition) is 3. The first-order chi connectivity index (χ1) is 14.9. The first kappa shape index (κ1) is 22.4. The van der Waals surface area contributed by atoms with Gasteiger partial charge < -0.3 is 15.4 Å². The Morgan fingerprint density at radius 3 is 2.29 bits per heavy atom. The van der Waals surface area contributed by atoms with Crippen molar-refractivity contribution >= 4 is 34.8 Å². The van der Waals surface area contributed by atoms with Crippen LogP contribution in [0.5, 0.6) is 5.75 Å². The van der Waals surface area contributed by atoms with Gasteiger partial charge in [0.25, 0.3) is 11.8 Å². The van der Waals surface area contributed by atoms with E-state index in [0.29, 0.717) is 33.6 Å². The number of carbonyl (C=O) groups excluding carboxylic acids is 2. The maximum Gasteiger partial charge on any atom is 0.262 e. The van der Waals surface area contributed by atoms with Gasteiger partial charge in [-0.25, -0.2) is 0 Å². The third-order valence-electron chi connectivity index (χ3n) is 4.92. The summed E-state index contributed by atoms with van der Waals surface area (Å²) in [5.41, 5.74) is 2.82. The van der Waals surface area contributed by atoms with E-state index >= 15 is 0 Å². The number of anilines is 2. The summed E-state index contributed by atoms with van der Waals surface area (Å²) in [4.78, 5) is 24.6. The maximum atomic E-state index is 12.4. The van der Waals surface area contributed by atoms with Gasteiger partial charge in [-0.3, -0.25) is 9.59 Å². The molecule has 0 fully saturated rings. The largest absolute Gasteiger partial charge is 0.484 e. The van der Waals surface area contributed by atoms with Gasteiger partial charge in [0.1, 0.15) is 5.75 Å². The SMILES string of the molecule is CC[C@H](C)c1ccc(OCC(=O)Nc2cccc(NC(=O)c3cccc(Cl)c3)c2)cc1. The molecular weight excluding hydrogens is 412 g/mol. The second kappa shape index (κ2) is 10.6. The Bertz CT molecular complexity index is 1050. The van der Waals surface area contributed by atoms with E-state index in [2.05, 4.69) is 24.5 Å². The number of ether oxygens (including phenoxy) is 1. The first-order valence-corrected chi connectivity index (χ1v) is 10.5. The van der Waals surface area contributed by atoms with Gasteiger partial charge in [-0.1, -0.05) is 49.7 Å². The van der Waals surface area contributed by atoms with Crippen LogP contribution in [0.15, 0.2) is 72.8 Å². The van der Waals surface area contributed by atoms with Crippen molar-refractivity contribution in [3.8, 4) is 5.75 Å². The van der Waals surface area contributed by atoms with Crippen LogP contribution in [0, 0.1) is 0 Å². The van der Waals surface area contributed by atoms with Gasteiger partial charge in [-0.2, -0.15) is 0 Å². The molecular formula is C25H25ClN2O3. The summed E-state index contributed by atoms with van der Waals surface area (Å²) in [6.45, 7) is 4.22. The number of halogens is 1. The lowest BCUT2D eigenvalue weighted by atomic mass is 9.99. The fourth-order valence-corrected chi connectivity index (χ4v) is 3.17. The molecule has 0 saturated carbocycles. The molecule has 3 rings (SSSR count). The maximum absolute atomic E-state index is 12.4. The Balaban J connectivity index is 1.54. The number of amides is 2. The van der Waals surface area contributed by atoms with E-state index in [0.717, 1.165) is 6.42 Å². The summed E-state index contributed by atoms with van der Waals surface area (Å²) >= 11 is 5.94. The molecule has 3 aromatic rings. The highest BCUT2D eigenvalue weighted by molar-refractivity contribution is 6.31. The highest BCUT2D eigenvalue weighted by Gasteiger charge is 2.09. The van der Waals surface area contributed by atoms with Crippen molar-refractivity contribution in [2.45, 2.75) is 26.2 Å². The van der Waals surface area contributed by atoms with Crippen LogP contribution < -0.4 is 15.4 Å². The molecule has 0 heterocycles. The van der Waals surface area contributed by atoms with E-state index in [-0.39, 0.29) is 18.4 Å². The van der Waals surface area contributed by atoms with Gasteiger partial charge in [0, 0.05) is 22.0 Å². The number of nitrogens with one attached hydrogen (secondary N) is 2. The minimum Gasteiger partial charge on any atom is -0.484 e. The highest BCUT2D eigenvalue weighted by atomic mass is 35.5. The lowest BCUT2D eigenvalue weighted by molar-refractivity contribution is -0.118. The fraction of sp³-hybridized carbons (Fsp3) is 0.200. The Morgan fingerprint density at radius 2 is 1.61 bits per heavy atom. The molecule has 0 aliphatic carbocycles. The molecule has 0 aromatic heterocycles. The summed E-state index contributed by atoms with van der Waals surface area (Å²) in [6, 6.07) is 21.4. The minimum absolute atomic E-state index is 0.109. The van der Waals surface area contributed by atoms with Crippen LogP contribution in [0.25, 0.3) is 0 Å².